The van der Waals surface area contributed by atoms with Gasteiger partial charge in [0.25, 0.3) is 0 Å². The van der Waals surface area contributed by atoms with Gasteiger partial charge in [0.15, 0.2) is 0 Å². The number of hydrogen-bond acceptors (Lipinski definition) is 7. The Labute approximate surface area is 248 Å². The van der Waals surface area contributed by atoms with Crippen LogP contribution in [0.25, 0.3) is 10.8 Å². The van der Waals surface area contributed by atoms with Crippen LogP contribution >= 0.6 is 0 Å². The number of nitrogens with zero attached hydrogens (tertiary/aromatic N) is 1. The maximum absolute atomic E-state index is 13.7. The quantitative estimate of drug-likeness (QED) is 0.365. The highest BCUT2D eigenvalue weighted by atomic mass is 32.2. The van der Waals surface area contributed by atoms with E-state index in [2.05, 4.69) is 11.6 Å². The molecule has 3 aliphatic rings. The average Bonchev–Trinajstić information content (AvgIpc) is 3.20. The SMILES string of the molecule is CN(C)c1cccc2c(S(=O)(=O)NC[C@]3(O)CC[C@H]4[C@@H]5CCc6cc(OS(N)(=O)=O)ccc6[C@H]5CC[C@@]43C)cccc12. The minimum atomic E-state index is -4.09. The van der Waals surface area contributed by atoms with Crippen molar-refractivity contribution in [3.8, 4) is 5.75 Å². The Hall–Kier alpha value is -2.70. The molecule has 5 atom stereocenters. The lowest BCUT2D eigenvalue weighted by molar-refractivity contribution is -0.0979. The molecule has 3 aromatic rings. The topological polar surface area (TPSA) is 139 Å². The first-order valence-corrected chi connectivity index (χ1v) is 17.4. The van der Waals surface area contributed by atoms with Gasteiger partial charge in [-0.2, -0.15) is 13.6 Å². The van der Waals surface area contributed by atoms with E-state index in [-0.39, 0.29) is 23.1 Å². The van der Waals surface area contributed by atoms with Gasteiger partial charge in [-0.1, -0.05) is 37.3 Å². The number of anilines is 1. The second kappa shape index (κ2) is 10.2. The average molecular weight is 614 g/mol. The third-order valence-electron chi connectivity index (χ3n) is 10.4. The van der Waals surface area contributed by atoms with Crippen LogP contribution < -0.4 is 18.9 Å². The lowest BCUT2D eigenvalue weighted by atomic mass is 9.53. The summed E-state index contributed by atoms with van der Waals surface area (Å²) in [4.78, 5) is 2.18. The van der Waals surface area contributed by atoms with Crippen molar-refractivity contribution in [2.45, 2.75) is 61.9 Å². The van der Waals surface area contributed by atoms with Crippen LogP contribution in [0.15, 0.2) is 59.5 Å². The molecule has 0 radical (unpaired) electrons. The van der Waals surface area contributed by atoms with Crippen molar-refractivity contribution in [3.05, 3.63) is 65.7 Å². The van der Waals surface area contributed by atoms with Crippen LogP contribution in [0, 0.1) is 17.3 Å². The molecule has 11 heteroatoms. The summed E-state index contributed by atoms with van der Waals surface area (Å²) in [6.45, 7) is 2.10. The molecule has 0 saturated heterocycles. The predicted octanol–water partition coefficient (Wildman–Crippen LogP) is 4.05. The molecule has 226 valence electrons. The molecule has 0 spiro atoms. The van der Waals surface area contributed by atoms with Crippen molar-refractivity contribution in [1.82, 2.24) is 4.72 Å². The van der Waals surface area contributed by atoms with Crippen molar-refractivity contribution in [2.24, 2.45) is 22.4 Å². The molecule has 3 aromatic carbocycles. The number of benzene rings is 3. The molecule has 2 fully saturated rings. The number of nitrogens with one attached hydrogen (secondary N) is 1. The zero-order valence-electron chi connectivity index (χ0n) is 24.2. The van der Waals surface area contributed by atoms with Crippen LogP contribution in [-0.4, -0.2) is 48.2 Å². The molecule has 42 heavy (non-hydrogen) atoms. The molecule has 4 N–H and O–H groups in total. The van der Waals surface area contributed by atoms with Crippen LogP contribution in [0.3, 0.4) is 0 Å². The molecular formula is C31H39N3O6S2. The number of rotatable bonds is 7. The Morgan fingerprint density at radius 1 is 1.00 bits per heavy atom. The summed E-state index contributed by atoms with van der Waals surface area (Å²) in [6, 6.07) is 16.4. The zero-order chi connectivity index (χ0) is 30.1. The number of fused-ring (bicyclic) bond motifs is 6. The van der Waals surface area contributed by atoms with Gasteiger partial charge in [-0.3, -0.25) is 0 Å². The standard InChI is InChI=1S/C31H39N3O6S2/c1-30-16-14-23-22-13-11-21(40-42(32,38)39)18-20(22)10-12-24(23)27(30)15-17-31(30,35)19-33-41(36,37)29-9-5-6-25-26(29)7-4-8-28(25)34(2)3/h4-9,11,13,18,23-24,27,33,35H,10,12,14-17,19H2,1-3H3,(H2,32,38,39)/t23-,24-,27+,30+,31-/m1/s1. The molecule has 0 unspecified atom stereocenters. The molecule has 0 bridgehead atoms. The zero-order valence-corrected chi connectivity index (χ0v) is 25.8. The first kappa shape index (κ1) is 29.4. The van der Waals surface area contributed by atoms with E-state index in [1.165, 1.54) is 5.56 Å². The normalized spacial score (nSPS) is 29.0. The predicted molar refractivity (Wildman–Crippen MR) is 163 cm³/mol. The molecule has 6 rings (SSSR count). The monoisotopic (exact) mass is 613 g/mol. The van der Waals surface area contributed by atoms with Gasteiger partial charge in [0, 0.05) is 42.5 Å². The maximum Gasteiger partial charge on any atom is 0.380 e. The van der Waals surface area contributed by atoms with Gasteiger partial charge in [0.1, 0.15) is 5.75 Å². The molecule has 3 aliphatic carbocycles. The summed E-state index contributed by atoms with van der Waals surface area (Å²) in [5.74, 6) is 1.13. The Morgan fingerprint density at radius 2 is 1.74 bits per heavy atom. The van der Waals surface area contributed by atoms with E-state index >= 15 is 0 Å². The first-order chi connectivity index (χ1) is 19.7. The number of aliphatic hydroxyl groups is 1. The van der Waals surface area contributed by atoms with Crippen molar-refractivity contribution >= 4 is 36.8 Å². The van der Waals surface area contributed by atoms with Gasteiger partial charge in [-0.05, 0) is 91.7 Å². The van der Waals surface area contributed by atoms with Gasteiger partial charge < -0.3 is 14.2 Å². The van der Waals surface area contributed by atoms with Crippen LogP contribution in [0.1, 0.15) is 56.1 Å². The van der Waals surface area contributed by atoms with Crippen LogP contribution in [0.5, 0.6) is 5.75 Å². The van der Waals surface area contributed by atoms with E-state index < -0.39 is 31.3 Å². The Kier molecular flexibility index (Phi) is 7.13. The van der Waals surface area contributed by atoms with Crippen LogP contribution in [0.2, 0.25) is 0 Å². The number of sulfonamides is 1. The maximum atomic E-state index is 13.7. The molecule has 0 aromatic heterocycles. The van der Waals surface area contributed by atoms with E-state index in [1.54, 1.807) is 24.3 Å². The largest absolute Gasteiger partial charge is 0.388 e. The van der Waals surface area contributed by atoms with Crippen LogP contribution in [0.4, 0.5) is 5.69 Å². The Balaban J connectivity index is 1.23. The van der Waals surface area contributed by atoms with E-state index in [4.69, 9.17) is 9.32 Å². The molecular weight excluding hydrogens is 574 g/mol. The van der Waals surface area contributed by atoms with Gasteiger partial charge >= 0.3 is 10.3 Å². The first-order valence-electron chi connectivity index (χ1n) is 14.5. The fraction of sp³-hybridized carbons (Fsp3) is 0.484. The number of nitrogens with two attached hydrogens (primary N) is 1. The van der Waals surface area contributed by atoms with Crippen molar-refractivity contribution < 1.29 is 26.1 Å². The van der Waals surface area contributed by atoms with E-state index in [0.29, 0.717) is 23.6 Å². The third-order valence-corrected chi connectivity index (χ3v) is 12.3. The summed E-state index contributed by atoms with van der Waals surface area (Å²) < 4.78 is 57.9. The van der Waals surface area contributed by atoms with E-state index in [1.807, 2.05) is 49.3 Å². The molecule has 2 saturated carbocycles. The Morgan fingerprint density at radius 3 is 2.48 bits per heavy atom. The van der Waals surface area contributed by atoms with Crippen molar-refractivity contribution in [2.75, 3.05) is 25.5 Å². The summed E-state index contributed by atoms with van der Waals surface area (Å²) in [5.41, 5.74) is 1.63. The minimum absolute atomic E-state index is 0.0334. The number of hydrogen-bond donors (Lipinski definition) is 3. The fourth-order valence-electron chi connectivity index (χ4n) is 8.33. The molecule has 9 nitrogen and oxygen atoms in total. The highest BCUT2D eigenvalue weighted by Gasteiger charge is 2.61. The number of aryl methyl sites for hydroxylation is 1. The highest BCUT2D eigenvalue weighted by Crippen LogP contribution is 2.64. The lowest BCUT2D eigenvalue weighted by Gasteiger charge is -2.53. The van der Waals surface area contributed by atoms with Gasteiger partial charge in [0.05, 0.1) is 10.5 Å². The van der Waals surface area contributed by atoms with E-state index in [9.17, 15) is 21.9 Å². The van der Waals surface area contributed by atoms with Crippen molar-refractivity contribution in [3.63, 3.8) is 0 Å². The van der Waals surface area contributed by atoms with Gasteiger partial charge in [-0.15, -0.1) is 0 Å². The smallest absolute Gasteiger partial charge is 0.380 e. The molecule has 0 heterocycles. The van der Waals surface area contributed by atoms with Gasteiger partial charge in [-0.25, -0.2) is 13.1 Å². The summed E-state index contributed by atoms with van der Waals surface area (Å²) >= 11 is 0. The molecule has 0 aliphatic heterocycles. The summed E-state index contributed by atoms with van der Waals surface area (Å²) in [7, 11) is -4.12. The fourth-order valence-corrected chi connectivity index (χ4v) is 10.0. The molecule has 0 amide bonds. The van der Waals surface area contributed by atoms with E-state index in [0.717, 1.165) is 48.7 Å². The Bertz CT molecular complexity index is 1760. The third kappa shape index (κ3) is 4.89. The summed E-state index contributed by atoms with van der Waals surface area (Å²) in [6.07, 6.45) is 4.71. The highest BCUT2D eigenvalue weighted by molar-refractivity contribution is 7.89. The second-order valence-corrected chi connectivity index (χ2v) is 15.6. The van der Waals surface area contributed by atoms with Gasteiger partial charge in [0.2, 0.25) is 10.0 Å². The lowest BCUT2D eigenvalue weighted by Crippen LogP contribution is -2.55. The second-order valence-electron chi connectivity index (χ2n) is 12.7. The summed E-state index contributed by atoms with van der Waals surface area (Å²) in [5, 5.41) is 18.7. The van der Waals surface area contributed by atoms with Crippen LogP contribution in [-0.2, 0) is 26.7 Å². The van der Waals surface area contributed by atoms with Crippen molar-refractivity contribution in [1.29, 1.82) is 0 Å². The minimum Gasteiger partial charge on any atom is -0.388 e.